The monoisotopic (exact) mass is 173 g/mol. The maximum Gasteiger partial charge on any atom is 0.00633 e. The van der Waals surface area contributed by atoms with Crippen LogP contribution in [0.5, 0.6) is 0 Å². The molecule has 0 heterocycles. The van der Waals surface area contributed by atoms with Gasteiger partial charge in [-0.3, -0.25) is 0 Å². The minimum Gasteiger partial charge on any atom is -0.307 e. The molecule has 0 saturated heterocycles. The summed E-state index contributed by atoms with van der Waals surface area (Å²) in [7, 11) is 4.29. The minimum absolute atomic E-state index is 0.731. The van der Waals surface area contributed by atoms with Gasteiger partial charge >= 0.3 is 0 Å². The molecule has 0 aromatic rings. The molecule has 2 atom stereocenters. The fourth-order valence-corrected chi connectivity index (χ4v) is 0.960. The van der Waals surface area contributed by atoms with Crippen molar-refractivity contribution in [3.8, 4) is 0 Å². The van der Waals surface area contributed by atoms with Crippen LogP contribution in [0.15, 0.2) is 0 Å². The number of nitrogens with zero attached hydrogens (tertiary/aromatic N) is 1. The topological polar surface area (TPSA) is 3.24 Å². The van der Waals surface area contributed by atoms with E-state index >= 15 is 0 Å². The van der Waals surface area contributed by atoms with Crippen LogP contribution in [0.25, 0.3) is 0 Å². The van der Waals surface area contributed by atoms with E-state index in [1.807, 2.05) is 13.8 Å². The number of rotatable bonds is 4. The van der Waals surface area contributed by atoms with Gasteiger partial charge in [0, 0.05) is 6.04 Å². The molecule has 0 aromatic carbocycles. The van der Waals surface area contributed by atoms with Crippen LogP contribution in [0, 0.1) is 5.92 Å². The van der Waals surface area contributed by atoms with E-state index in [0.717, 1.165) is 12.0 Å². The van der Waals surface area contributed by atoms with Crippen LogP contribution < -0.4 is 0 Å². The standard InChI is InChI=1S/C9H21N.C2H6/c1-6-8(2)7-9(3)10(4)5;1-2/h8-9H,6-7H2,1-5H3;1-2H3. The van der Waals surface area contributed by atoms with E-state index in [-0.39, 0.29) is 0 Å². The van der Waals surface area contributed by atoms with Crippen molar-refractivity contribution >= 4 is 0 Å². The van der Waals surface area contributed by atoms with Gasteiger partial charge in [0.25, 0.3) is 0 Å². The average molecular weight is 173 g/mol. The molecule has 1 heteroatoms. The maximum absolute atomic E-state index is 2.32. The Kier molecular flexibility index (Phi) is 10.9. The van der Waals surface area contributed by atoms with Crippen LogP contribution in [0.1, 0.15) is 47.5 Å². The van der Waals surface area contributed by atoms with Crippen LogP contribution in [0.3, 0.4) is 0 Å². The van der Waals surface area contributed by atoms with Crippen molar-refractivity contribution in [2.24, 2.45) is 5.92 Å². The summed E-state index contributed by atoms with van der Waals surface area (Å²) in [5.74, 6) is 0.873. The molecule has 0 spiro atoms. The smallest absolute Gasteiger partial charge is 0.00633 e. The lowest BCUT2D eigenvalue weighted by molar-refractivity contribution is 0.265. The molecule has 76 valence electrons. The van der Waals surface area contributed by atoms with Gasteiger partial charge in [0.2, 0.25) is 0 Å². The van der Waals surface area contributed by atoms with Crippen LogP contribution in [-0.2, 0) is 0 Å². The van der Waals surface area contributed by atoms with Gasteiger partial charge in [0.15, 0.2) is 0 Å². The summed E-state index contributed by atoms with van der Waals surface area (Å²) in [4.78, 5) is 2.28. The van der Waals surface area contributed by atoms with E-state index in [1.54, 1.807) is 0 Å². The second-order valence-electron chi connectivity index (χ2n) is 3.56. The molecule has 1 nitrogen and oxygen atoms in total. The first-order chi connectivity index (χ1) is 5.57. The summed E-state index contributed by atoms with van der Waals surface area (Å²) >= 11 is 0. The largest absolute Gasteiger partial charge is 0.307 e. The normalized spacial score (nSPS) is 15.0. The summed E-state index contributed by atoms with van der Waals surface area (Å²) in [6.07, 6.45) is 2.63. The molecule has 2 unspecified atom stereocenters. The Labute approximate surface area is 79.2 Å². The summed E-state index contributed by atoms with van der Waals surface area (Å²) < 4.78 is 0. The van der Waals surface area contributed by atoms with Crippen molar-refractivity contribution < 1.29 is 0 Å². The Hall–Kier alpha value is -0.0400. The summed E-state index contributed by atoms with van der Waals surface area (Å²) in [5, 5.41) is 0. The van der Waals surface area contributed by atoms with Gasteiger partial charge < -0.3 is 4.90 Å². The van der Waals surface area contributed by atoms with Crippen LogP contribution in [0.2, 0.25) is 0 Å². The third-order valence-corrected chi connectivity index (χ3v) is 2.32. The second kappa shape index (κ2) is 9.05. The summed E-state index contributed by atoms with van der Waals surface area (Å²) in [6.45, 7) is 10.9. The van der Waals surface area contributed by atoms with Crippen LogP contribution in [0.4, 0.5) is 0 Å². The Morgan fingerprint density at radius 1 is 1.08 bits per heavy atom. The van der Waals surface area contributed by atoms with Crippen LogP contribution in [-0.4, -0.2) is 25.0 Å². The highest BCUT2D eigenvalue weighted by Gasteiger charge is 2.07. The maximum atomic E-state index is 2.32. The Morgan fingerprint density at radius 2 is 1.50 bits per heavy atom. The first-order valence-corrected chi connectivity index (χ1v) is 5.24. The quantitative estimate of drug-likeness (QED) is 0.630. The van der Waals surface area contributed by atoms with E-state index in [2.05, 4.69) is 39.8 Å². The molecule has 0 rings (SSSR count). The van der Waals surface area contributed by atoms with Gasteiger partial charge in [0.05, 0.1) is 0 Å². The molecule has 0 aromatic heterocycles. The molecule has 0 aliphatic heterocycles. The predicted octanol–water partition coefficient (Wildman–Crippen LogP) is 3.40. The van der Waals surface area contributed by atoms with E-state index in [1.165, 1.54) is 12.8 Å². The summed E-state index contributed by atoms with van der Waals surface area (Å²) in [6, 6.07) is 0.731. The number of hydrogen-bond donors (Lipinski definition) is 0. The van der Waals surface area contributed by atoms with Gasteiger partial charge in [-0.1, -0.05) is 34.1 Å². The lowest BCUT2D eigenvalue weighted by Gasteiger charge is -2.22. The SMILES string of the molecule is CC.CCC(C)CC(C)N(C)C. The van der Waals surface area contributed by atoms with Crippen molar-refractivity contribution in [1.29, 1.82) is 0 Å². The highest BCUT2D eigenvalue weighted by Crippen LogP contribution is 2.11. The first-order valence-electron chi connectivity index (χ1n) is 5.24. The van der Waals surface area contributed by atoms with Gasteiger partial charge in [-0.2, -0.15) is 0 Å². The highest BCUT2D eigenvalue weighted by molar-refractivity contribution is 4.62. The molecule has 0 bridgehead atoms. The fourth-order valence-electron chi connectivity index (χ4n) is 0.960. The predicted molar refractivity (Wildman–Crippen MR) is 58.6 cm³/mol. The van der Waals surface area contributed by atoms with Crippen molar-refractivity contribution in [2.75, 3.05) is 14.1 Å². The molecule has 12 heavy (non-hydrogen) atoms. The van der Waals surface area contributed by atoms with Gasteiger partial charge in [-0.15, -0.1) is 0 Å². The molecule has 0 aliphatic rings. The van der Waals surface area contributed by atoms with E-state index in [0.29, 0.717) is 0 Å². The van der Waals surface area contributed by atoms with E-state index < -0.39 is 0 Å². The van der Waals surface area contributed by atoms with Gasteiger partial charge in [-0.25, -0.2) is 0 Å². The molecule has 0 radical (unpaired) electrons. The van der Waals surface area contributed by atoms with E-state index in [9.17, 15) is 0 Å². The van der Waals surface area contributed by atoms with Crippen molar-refractivity contribution in [3.63, 3.8) is 0 Å². The molecular formula is C11H27N. The lowest BCUT2D eigenvalue weighted by Crippen LogP contribution is -2.26. The second-order valence-corrected chi connectivity index (χ2v) is 3.56. The Bertz CT molecular complexity index is 79.1. The third-order valence-electron chi connectivity index (χ3n) is 2.32. The molecule has 0 saturated carbocycles. The van der Waals surface area contributed by atoms with Gasteiger partial charge in [0.1, 0.15) is 0 Å². The zero-order valence-corrected chi connectivity index (χ0v) is 10.0. The minimum atomic E-state index is 0.731. The molecule has 0 fully saturated rings. The number of hydrogen-bond acceptors (Lipinski definition) is 1. The Balaban J connectivity index is 0. The molecular weight excluding hydrogens is 146 g/mol. The summed E-state index contributed by atoms with van der Waals surface area (Å²) in [5.41, 5.74) is 0. The zero-order chi connectivity index (χ0) is 10.1. The van der Waals surface area contributed by atoms with Crippen molar-refractivity contribution in [3.05, 3.63) is 0 Å². The van der Waals surface area contributed by atoms with Crippen LogP contribution >= 0.6 is 0 Å². The average Bonchev–Trinajstić information content (AvgIpc) is 2.07. The lowest BCUT2D eigenvalue weighted by atomic mass is 10.00. The molecule has 0 aliphatic carbocycles. The van der Waals surface area contributed by atoms with Crippen molar-refractivity contribution in [2.45, 2.75) is 53.5 Å². The zero-order valence-electron chi connectivity index (χ0n) is 10.0. The van der Waals surface area contributed by atoms with Crippen molar-refractivity contribution in [1.82, 2.24) is 4.90 Å². The highest BCUT2D eigenvalue weighted by atomic mass is 15.1. The van der Waals surface area contributed by atoms with Gasteiger partial charge in [-0.05, 0) is 33.4 Å². The third kappa shape index (κ3) is 8.06. The fraction of sp³-hybridized carbons (Fsp3) is 1.00. The Morgan fingerprint density at radius 3 is 1.75 bits per heavy atom. The first kappa shape index (κ1) is 14.5. The molecule has 0 amide bonds. The van der Waals surface area contributed by atoms with E-state index in [4.69, 9.17) is 0 Å². The molecule has 0 N–H and O–H groups in total.